The van der Waals surface area contributed by atoms with E-state index in [1.807, 2.05) is 18.2 Å². The summed E-state index contributed by atoms with van der Waals surface area (Å²) in [6, 6.07) is 5.70. The molecule has 1 N–H and O–H groups in total. The van der Waals surface area contributed by atoms with Crippen LogP contribution in [0.15, 0.2) is 18.2 Å². The Hall–Kier alpha value is -1.64. The highest BCUT2D eigenvalue weighted by atomic mass is 16.1. The van der Waals surface area contributed by atoms with Crippen molar-refractivity contribution in [1.29, 1.82) is 0 Å². The summed E-state index contributed by atoms with van der Waals surface area (Å²) in [7, 11) is 0. The topological polar surface area (TPSA) is 46.2 Å². The van der Waals surface area contributed by atoms with Crippen LogP contribution in [0.2, 0.25) is 0 Å². The third-order valence-electron chi connectivity index (χ3n) is 4.52. The van der Waals surface area contributed by atoms with Gasteiger partial charge in [-0.3, -0.25) is 9.59 Å². The van der Waals surface area contributed by atoms with Crippen molar-refractivity contribution in [2.75, 3.05) is 5.32 Å². The van der Waals surface area contributed by atoms with Gasteiger partial charge in [0.25, 0.3) is 0 Å². The van der Waals surface area contributed by atoms with E-state index in [0.29, 0.717) is 18.8 Å². The summed E-state index contributed by atoms with van der Waals surface area (Å²) in [6.07, 6.45) is 8.22. The maximum atomic E-state index is 12.4. The first-order valence-electron chi connectivity index (χ1n) is 7.68. The van der Waals surface area contributed by atoms with Crippen LogP contribution in [0.3, 0.4) is 0 Å². The fourth-order valence-electron chi connectivity index (χ4n) is 3.33. The molecule has 20 heavy (non-hydrogen) atoms. The highest BCUT2D eigenvalue weighted by molar-refractivity contribution is 5.99. The van der Waals surface area contributed by atoms with Gasteiger partial charge in [0.15, 0.2) is 5.78 Å². The molecule has 1 aliphatic heterocycles. The van der Waals surface area contributed by atoms with E-state index in [2.05, 4.69) is 5.32 Å². The molecule has 0 saturated heterocycles. The Kier molecular flexibility index (Phi) is 3.86. The highest BCUT2D eigenvalue weighted by Gasteiger charge is 2.20. The van der Waals surface area contributed by atoms with Gasteiger partial charge in [0, 0.05) is 24.1 Å². The molecule has 1 aliphatic carbocycles. The van der Waals surface area contributed by atoms with E-state index in [-0.39, 0.29) is 11.7 Å². The van der Waals surface area contributed by atoms with E-state index in [4.69, 9.17) is 0 Å². The van der Waals surface area contributed by atoms with Crippen molar-refractivity contribution in [3.63, 3.8) is 0 Å². The summed E-state index contributed by atoms with van der Waals surface area (Å²) in [5.74, 6) is 0.905. The molecule has 0 spiro atoms. The number of hydrogen-bond donors (Lipinski definition) is 1. The standard InChI is InChI=1S/C17H21NO2/c19-16(10-12-4-2-1-3-5-12)14-6-8-15-13(11-14)7-9-17(20)18-15/h6,8,11-12H,1-5,7,9-10H2,(H,18,20). The second kappa shape index (κ2) is 5.78. The number of rotatable bonds is 3. The quantitative estimate of drug-likeness (QED) is 0.851. The van der Waals surface area contributed by atoms with Crippen LogP contribution in [0.1, 0.15) is 60.9 Å². The zero-order valence-corrected chi connectivity index (χ0v) is 11.8. The zero-order chi connectivity index (χ0) is 13.9. The Morgan fingerprint density at radius 3 is 2.75 bits per heavy atom. The number of hydrogen-bond acceptors (Lipinski definition) is 2. The monoisotopic (exact) mass is 271 g/mol. The lowest BCUT2D eigenvalue weighted by Gasteiger charge is -2.21. The second-order valence-electron chi connectivity index (χ2n) is 6.05. The molecule has 1 aromatic rings. The van der Waals surface area contributed by atoms with Crippen LogP contribution in [-0.2, 0) is 11.2 Å². The largest absolute Gasteiger partial charge is 0.326 e. The van der Waals surface area contributed by atoms with Crippen molar-refractivity contribution in [3.05, 3.63) is 29.3 Å². The van der Waals surface area contributed by atoms with Crippen LogP contribution < -0.4 is 5.32 Å². The molecule has 2 aliphatic rings. The van der Waals surface area contributed by atoms with Crippen molar-refractivity contribution in [3.8, 4) is 0 Å². The zero-order valence-electron chi connectivity index (χ0n) is 11.8. The number of aryl methyl sites for hydroxylation is 1. The Morgan fingerprint density at radius 1 is 1.15 bits per heavy atom. The van der Waals surface area contributed by atoms with Gasteiger partial charge < -0.3 is 5.32 Å². The number of ketones is 1. The Morgan fingerprint density at radius 2 is 1.95 bits per heavy atom. The summed E-state index contributed by atoms with van der Waals surface area (Å²) in [5.41, 5.74) is 2.78. The van der Waals surface area contributed by atoms with Crippen LogP contribution >= 0.6 is 0 Å². The van der Waals surface area contributed by atoms with Gasteiger partial charge in [0.1, 0.15) is 0 Å². The molecule has 3 rings (SSSR count). The molecule has 0 atom stereocenters. The van der Waals surface area contributed by atoms with Gasteiger partial charge in [0.2, 0.25) is 5.91 Å². The summed E-state index contributed by atoms with van der Waals surface area (Å²) in [5, 5.41) is 2.86. The number of carbonyl (C=O) groups excluding carboxylic acids is 2. The molecule has 0 bridgehead atoms. The van der Waals surface area contributed by atoms with Crippen molar-refractivity contribution in [2.24, 2.45) is 5.92 Å². The molecule has 1 heterocycles. The predicted octanol–water partition coefficient (Wildman–Crippen LogP) is 3.72. The molecule has 1 aromatic carbocycles. The number of nitrogens with one attached hydrogen (secondary N) is 1. The van der Waals surface area contributed by atoms with Crippen molar-refractivity contribution >= 4 is 17.4 Å². The lowest BCUT2D eigenvalue weighted by Crippen LogP contribution is -2.19. The van der Waals surface area contributed by atoms with Gasteiger partial charge in [0.05, 0.1) is 0 Å². The van der Waals surface area contributed by atoms with E-state index in [1.54, 1.807) is 0 Å². The van der Waals surface area contributed by atoms with Gasteiger partial charge in [-0.1, -0.05) is 32.1 Å². The van der Waals surface area contributed by atoms with Gasteiger partial charge in [-0.15, -0.1) is 0 Å². The first-order valence-corrected chi connectivity index (χ1v) is 7.68. The molecule has 0 radical (unpaired) electrons. The van der Waals surface area contributed by atoms with Crippen LogP contribution in [0.4, 0.5) is 5.69 Å². The number of fused-ring (bicyclic) bond motifs is 1. The number of anilines is 1. The molecule has 106 valence electrons. The summed E-state index contributed by atoms with van der Waals surface area (Å²) in [6.45, 7) is 0. The lowest BCUT2D eigenvalue weighted by atomic mass is 9.84. The third-order valence-corrected chi connectivity index (χ3v) is 4.52. The first-order chi connectivity index (χ1) is 9.72. The number of benzene rings is 1. The maximum absolute atomic E-state index is 12.4. The van der Waals surface area contributed by atoms with Gasteiger partial charge in [-0.2, -0.15) is 0 Å². The predicted molar refractivity (Wildman–Crippen MR) is 78.9 cm³/mol. The molecule has 1 saturated carbocycles. The van der Waals surface area contributed by atoms with Crippen molar-refractivity contribution < 1.29 is 9.59 Å². The highest BCUT2D eigenvalue weighted by Crippen LogP contribution is 2.29. The minimum Gasteiger partial charge on any atom is -0.326 e. The Labute approximate surface area is 119 Å². The van der Waals surface area contributed by atoms with E-state index in [9.17, 15) is 9.59 Å². The molecular formula is C17H21NO2. The SMILES string of the molecule is O=C1CCc2cc(C(=O)CC3CCCCC3)ccc2N1. The number of amides is 1. The van der Waals surface area contributed by atoms with E-state index >= 15 is 0 Å². The first kappa shape index (κ1) is 13.3. The molecule has 1 amide bonds. The minimum absolute atomic E-state index is 0.0683. The molecule has 1 fully saturated rings. The Balaban J connectivity index is 1.70. The summed E-state index contributed by atoms with van der Waals surface area (Å²) in [4.78, 5) is 23.7. The van der Waals surface area contributed by atoms with Crippen molar-refractivity contribution in [1.82, 2.24) is 0 Å². The average molecular weight is 271 g/mol. The molecule has 0 aromatic heterocycles. The third kappa shape index (κ3) is 2.92. The van der Waals surface area contributed by atoms with Gasteiger partial charge >= 0.3 is 0 Å². The average Bonchev–Trinajstić information content (AvgIpc) is 2.47. The number of carbonyl (C=O) groups is 2. The van der Waals surface area contributed by atoms with Crippen LogP contribution in [-0.4, -0.2) is 11.7 Å². The fourth-order valence-corrected chi connectivity index (χ4v) is 3.33. The fraction of sp³-hybridized carbons (Fsp3) is 0.529. The van der Waals surface area contributed by atoms with Crippen molar-refractivity contribution in [2.45, 2.75) is 51.4 Å². The van der Waals surface area contributed by atoms with Crippen LogP contribution in [0, 0.1) is 5.92 Å². The summed E-state index contributed by atoms with van der Waals surface area (Å²) >= 11 is 0. The van der Waals surface area contributed by atoms with E-state index in [0.717, 1.165) is 23.2 Å². The molecular weight excluding hydrogens is 250 g/mol. The van der Waals surface area contributed by atoms with E-state index < -0.39 is 0 Å². The lowest BCUT2D eigenvalue weighted by molar-refractivity contribution is -0.116. The van der Waals surface area contributed by atoms with E-state index in [1.165, 1.54) is 32.1 Å². The second-order valence-corrected chi connectivity index (χ2v) is 6.05. The normalized spacial score (nSPS) is 19.3. The number of Topliss-reactive ketones (excluding diaryl/α,β-unsaturated/α-hetero) is 1. The van der Waals surface area contributed by atoms with Crippen LogP contribution in [0.25, 0.3) is 0 Å². The minimum atomic E-state index is 0.0683. The maximum Gasteiger partial charge on any atom is 0.224 e. The molecule has 0 unspecified atom stereocenters. The van der Waals surface area contributed by atoms with Crippen LogP contribution in [0.5, 0.6) is 0 Å². The smallest absolute Gasteiger partial charge is 0.224 e. The van der Waals surface area contributed by atoms with Gasteiger partial charge in [-0.05, 0) is 36.1 Å². The Bertz CT molecular complexity index is 530. The van der Waals surface area contributed by atoms with Gasteiger partial charge in [-0.25, -0.2) is 0 Å². The molecule has 3 heteroatoms. The molecule has 3 nitrogen and oxygen atoms in total. The summed E-state index contributed by atoms with van der Waals surface area (Å²) < 4.78 is 0.